The van der Waals surface area contributed by atoms with Gasteiger partial charge in [-0.15, -0.1) is 22.7 Å². The number of fused-ring (bicyclic) bond motifs is 4. The second-order valence-corrected chi connectivity index (χ2v) is 14.2. The summed E-state index contributed by atoms with van der Waals surface area (Å²) in [5.41, 5.74) is -3.78. The Morgan fingerprint density at radius 3 is 1.67 bits per heavy atom. The molecule has 4 aromatic heterocycles. The topological polar surface area (TPSA) is 155 Å². The number of piperazine rings is 2. The Hall–Kier alpha value is -2.48. The molecule has 0 bridgehead atoms. The number of aromatic nitrogens is 2. The maximum atomic E-state index is 12.2. The molecule has 2 saturated heterocycles. The molecule has 0 aliphatic carbocycles. The van der Waals surface area contributed by atoms with Crippen molar-refractivity contribution in [3.8, 4) is 11.5 Å². The summed E-state index contributed by atoms with van der Waals surface area (Å²) in [6.07, 6.45) is -16.1. The van der Waals surface area contributed by atoms with Crippen LogP contribution in [-0.4, -0.2) is 98.2 Å². The summed E-state index contributed by atoms with van der Waals surface area (Å²) in [4.78, 5) is 39.1. The predicted octanol–water partition coefficient (Wildman–Crippen LogP) is 2.67. The summed E-state index contributed by atoms with van der Waals surface area (Å²) in [6.45, 7) is -39.4. The number of carbonyl (C=O) groups is 1. The molecule has 2 fully saturated rings. The monoisotopic (exact) mass is 1130 g/mol. The molecule has 2 aliphatic heterocycles. The molecule has 0 atom stereocenters. The molecule has 0 unspecified atom stereocenters. The van der Waals surface area contributed by atoms with Crippen molar-refractivity contribution >= 4 is 98.4 Å². The molecule has 69 heavy (non-hydrogen) atoms. The van der Waals surface area contributed by atoms with E-state index >= 15 is 0 Å². The second-order valence-electron chi connectivity index (χ2n) is 11.9. The Morgan fingerprint density at radius 1 is 0.696 bits per heavy atom. The minimum atomic E-state index is -4.53. The van der Waals surface area contributed by atoms with Crippen molar-refractivity contribution in [3.63, 3.8) is 0 Å². The van der Waals surface area contributed by atoms with Gasteiger partial charge in [-0.05, 0) is 126 Å². The van der Waals surface area contributed by atoms with E-state index in [1.54, 1.807) is 35.0 Å². The van der Waals surface area contributed by atoms with Gasteiger partial charge in [0.2, 0.25) is 11.1 Å². The van der Waals surface area contributed by atoms with Crippen LogP contribution in [0.5, 0.6) is 11.5 Å². The molecule has 6 heterocycles. The molecule has 3 N–H and O–H groups in total. The van der Waals surface area contributed by atoms with Crippen LogP contribution >= 0.6 is 38.6 Å². The molecule has 0 saturated carbocycles. The second kappa shape index (κ2) is 31.2. The maximum absolute atomic E-state index is 12.2. The maximum Gasteiger partial charge on any atom is 1.00 e. The third-order valence-corrected chi connectivity index (χ3v) is 9.84. The summed E-state index contributed by atoms with van der Waals surface area (Å²) in [7, 11) is 0. The molecular formula is C51H57BrK2N6O7S2. The van der Waals surface area contributed by atoms with Gasteiger partial charge in [0.15, 0.2) is 0 Å². The number of carbonyl (C=O) groups excluding carboxylic acids is 1. The third kappa shape index (κ3) is 17.6. The van der Waals surface area contributed by atoms with Gasteiger partial charge in [0.25, 0.3) is 6.47 Å². The van der Waals surface area contributed by atoms with Crippen LogP contribution in [0.15, 0.2) is 129 Å². The Kier molecular flexibility index (Phi) is 10.2. The number of nitrogens with one attached hydrogen (secondary N) is 3. The number of anilines is 2. The average molecular weight is 1130 g/mol. The molecule has 354 valence electrons. The fourth-order valence-corrected chi connectivity index (χ4v) is 6.93. The first kappa shape index (κ1) is 22.6. The van der Waals surface area contributed by atoms with E-state index < -0.39 is 212 Å². The number of aromatic amines is 2. The summed E-state index contributed by atoms with van der Waals surface area (Å²) in [5.74, 6) is -2.33. The molecule has 4 aromatic carbocycles. The molecule has 10 rings (SSSR count). The molecule has 8 aromatic rings. The van der Waals surface area contributed by atoms with Crippen molar-refractivity contribution in [3.05, 3.63) is 140 Å². The Bertz CT molecular complexity index is 4950. The van der Waals surface area contributed by atoms with Gasteiger partial charge in [0.1, 0.15) is 11.5 Å². The van der Waals surface area contributed by atoms with Gasteiger partial charge in [0.05, 0.1) is 54.3 Å². The van der Waals surface area contributed by atoms with Crippen LogP contribution in [0.2, 0.25) is 0 Å². The molecule has 13 nitrogen and oxygen atoms in total. The SMILES string of the molecule is O=CO[O-].[2H]C1([2H])NC([2H])([2H])C([2H])([2H])N(c2cccc3sccc23)C1([2H])[2H].[2H]c1c(OC([2H])([2H])C([2H])([2H])C([2H])([2H])C([2H])([2H])Br)c([2H])c2[nH]c(=O)c([2H])c([2H])c2c1[2H].[2H]c1c(OC([2H])([2H])C([2H])([2H])C([2H])([2H])C([2H])([2H])N2C([2H])([2H])C([2H])([2H])N(c3cccc4sccc34)C([2H])([2H])C2([2H])[2H])c([2H])c2[nH]c(=O)c([2H])c([2H])c2c1[2H].[H-].[K+].[K+]. The number of halogens is 1. The van der Waals surface area contributed by atoms with Crippen LogP contribution in [-0.2, 0) is 9.68 Å². The molecule has 18 heteroatoms. The van der Waals surface area contributed by atoms with Crippen LogP contribution in [0.1, 0.15) is 84.5 Å². The number of alkyl halides is 1. The number of rotatable bonds is 14. The van der Waals surface area contributed by atoms with E-state index in [1.807, 2.05) is 10.3 Å². The minimum Gasteiger partial charge on any atom is -1.00 e. The number of benzene rings is 4. The zero-order chi connectivity index (χ0) is 84.0. The van der Waals surface area contributed by atoms with Crippen LogP contribution in [0.25, 0.3) is 42.0 Å². The third-order valence-electron chi connectivity index (χ3n) is 7.88. The fraction of sp³-hybridized carbons (Fsp3) is 0.314. The van der Waals surface area contributed by atoms with Crippen molar-refractivity contribution in [2.75, 3.05) is 86.7 Å². The molecule has 2 aliphatic rings. The standard InChI is InChI=1S/C25H27N3O2S.C13H14BrNO2.C12H14N2S.CH2O3.2K.H/c29-25-9-7-19-6-8-20(18-22(19)26-25)30-16-2-1-11-27-12-14-28(15-13-27)23-4-3-5-24-21(23)10-17-31-24;14-7-1-2-8-17-11-5-3-10-4-6-13(16)15-12(10)9-11;1-2-11(14-7-5-13-6-8-14)10-4-9-15-12(10)3-1;2-1-4-3;;;/h3-10,17-18H,1-2,11-16H2,(H,26,29);3-6,9H,1-2,7-8H2,(H,15,16);1-4,9,13H,5-8H2;1,3H;;;/q;;;;2*+1;-1/p-1/i1D2,2D2,6D,7D,8D,9D,11D2,12D2,13D2,14D2,15D2,16D2,18D;1D2,2D2,3D,4D,5D,6D,7D2,8D2,9D;5D2,6D2,7D2,8D2;;;;. The van der Waals surface area contributed by atoms with E-state index in [2.05, 4.69) is 25.8 Å². The van der Waals surface area contributed by atoms with Gasteiger partial charge >= 0.3 is 103 Å². The van der Waals surface area contributed by atoms with Crippen LogP contribution in [0.4, 0.5) is 11.4 Å². The van der Waals surface area contributed by atoms with Crippen molar-refractivity contribution in [1.29, 1.82) is 0 Å². The smallest absolute Gasteiger partial charge is 1.00 e. The zero-order valence-electron chi connectivity index (χ0n) is 78.2. The van der Waals surface area contributed by atoms with Gasteiger partial charge in [-0.25, -0.2) is 0 Å². The summed E-state index contributed by atoms with van der Waals surface area (Å²) in [6, 6.07) is 2.80. The first-order chi connectivity index (χ1) is 49.0. The largest absolute Gasteiger partial charge is 1.00 e. The zero-order valence-corrected chi connectivity index (χ0v) is 44.7. The number of ether oxygens (including phenoxy) is 2. The van der Waals surface area contributed by atoms with Crippen LogP contribution in [0.3, 0.4) is 0 Å². The van der Waals surface area contributed by atoms with Gasteiger partial charge in [0, 0.05) is 140 Å². The first-order valence-corrected chi connectivity index (χ1v) is 20.7. The molecule has 0 radical (unpaired) electrons. The van der Waals surface area contributed by atoms with E-state index in [1.165, 1.54) is 35.6 Å². The average Bonchev–Trinajstić information content (AvgIpc) is 0.737. The van der Waals surface area contributed by atoms with E-state index in [9.17, 15) is 9.59 Å². The Labute approximate surface area is 564 Å². The van der Waals surface area contributed by atoms with E-state index in [0.717, 1.165) is 16.0 Å². The molecule has 0 amide bonds. The van der Waals surface area contributed by atoms with Gasteiger partial charge in [-0.3, -0.25) is 19.3 Å². The van der Waals surface area contributed by atoms with Gasteiger partial charge in [-0.2, -0.15) is 0 Å². The number of hydrogen-bond acceptors (Lipinski definition) is 13. The van der Waals surface area contributed by atoms with E-state index in [-0.39, 0.29) is 132 Å². The summed E-state index contributed by atoms with van der Waals surface area (Å²) >= 11 is 4.86. The van der Waals surface area contributed by atoms with Crippen molar-refractivity contribution < 1.29 is 186 Å². The fourth-order valence-electron chi connectivity index (χ4n) is 5.22. The minimum absolute atomic E-state index is 0. The number of thiophene rings is 2. The van der Waals surface area contributed by atoms with E-state index in [0.29, 0.717) is 15.0 Å². The van der Waals surface area contributed by atoms with Crippen molar-refractivity contribution in [2.45, 2.75) is 25.5 Å². The molecule has 0 spiro atoms. The summed E-state index contributed by atoms with van der Waals surface area (Å²) < 4.78 is 355. The Morgan fingerprint density at radius 2 is 1.17 bits per heavy atom. The Balaban J connectivity index is 0.000000373. The van der Waals surface area contributed by atoms with Crippen LogP contribution in [0, 0.1) is 0 Å². The number of nitrogens with zero attached hydrogens (tertiary/aromatic N) is 3. The van der Waals surface area contributed by atoms with Crippen molar-refractivity contribution in [2.24, 2.45) is 0 Å². The van der Waals surface area contributed by atoms with Gasteiger partial charge < -0.3 is 46.1 Å². The summed E-state index contributed by atoms with van der Waals surface area (Å²) in [5, 5.41) is 10.2. The normalized spacial score (nSPS) is 29.8. The number of hydrogen-bond donors (Lipinski definition) is 3. The molecular weight excluding hydrogens is 1030 g/mol. The van der Waals surface area contributed by atoms with Crippen LogP contribution < -0.4 is 144 Å². The van der Waals surface area contributed by atoms with E-state index in [4.69, 9.17) is 77.1 Å². The first-order valence-electron chi connectivity index (χ1n) is 39.2. The number of H-pyrrole nitrogens is 2. The van der Waals surface area contributed by atoms with Crippen molar-refractivity contribution in [1.82, 2.24) is 20.2 Å². The quantitative estimate of drug-likeness (QED) is 0.0485. The van der Waals surface area contributed by atoms with Gasteiger partial charge in [-0.1, -0.05) is 28.1 Å². The predicted molar refractivity (Wildman–Crippen MR) is 278 cm³/mol. The number of pyridine rings is 2.